The summed E-state index contributed by atoms with van der Waals surface area (Å²) in [4.78, 5) is 15.8. The quantitative estimate of drug-likeness (QED) is 0.776. The molecule has 0 atom stereocenters. The first-order valence-electron chi connectivity index (χ1n) is 8.51. The van der Waals surface area contributed by atoms with Crippen molar-refractivity contribution in [1.29, 1.82) is 0 Å². The van der Waals surface area contributed by atoms with Crippen molar-refractivity contribution in [2.75, 3.05) is 18.0 Å². The van der Waals surface area contributed by atoms with Crippen LogP contribution in [0.25, 0.3) is 11.4 Å². The number of hydrogen-bond donors (Lipinski definition) is 1. The van der Waals surface area contributed by atoms with Gasteiger partial charge < -0.3 is 4.90 Å². The molecule has 0 saturated carbocycles. The van der Waals surface area contributed by atoms with E-state index in [1.807, 2.05) is 19.1 Å². The lowest BCUT2D eigenvalue weighted by Gasteiger charge is -2.32. The van der Waals surface area contributed by atoms with Crippen LogP contribution in [0.3, 0.4) is 0 Å². The van der Waals surface area contributed by atoms with Crippen LogP contribution in [0.2, 0.25) is 0 Å². The Hall–Kier alpha value is -2.90. The van der Waals surface area contributed by atoms with Crippen LogP contribution in [0.1, 0.15) is 24.4 Å². The van der Waals surface area contributed by atoms with Gasteiger partial charge in [-0.05, 0) is 37.8 Å². The average Bonchev–Trinajstić information content (AvgIpc) is 3.16. The smallest absolute Gasteiger partial charge is 0.174 e. The number of nitrogens with one attached hydrogen (secondary N) is 1. The van der Waals surface area contributed by atoms with Crippen molar-refractivity contribution >= 4 is 5.82 Å². The lowest BCUT2D eigenvalue weighted by atomic mass is 9.93. The summed E-state index contributed by atoms with van der Waals surface area (Å²) in [5.41, 5.74) is 1.91. The minimum Gasteiger partial charge on any atom is -0.356 e. The summed E-state index contributed by atoms with van der Waals surface area (Å²) >= 11 is 0. The van der Waals surface area contributed by atoms with Gasteiger partial charge in [0.05, 0.1) is 0 Å². The molecule has 1 aliphatic heterocycles. The van der Waals surface area contributed by atoms with Gasteiger partial charge in [-0.2, -0.15) is 5.21 Å². The molecule has 0 radical (unpaired) electrons. The van der Waals surface area contributed by atoms with Crippen molar-refractivity contribution in [3.8, 4) is 11.4 Å². The Morgan fingerprint density at radius 3 is 2.84 bits per heavy atom. The number of rotatable bonds is 4. The maximum atomic E-state index is 4.76. The van der Waals surface area contributed by atoms with E-state index in [2.05, 4.69) is 41.6 Å². The molecule has 1 fully saturated rings. The Kier molecular flexibility index (Phi) is 4.32. The van der Waals surface area contributed by atoms with Crippen LogP contribution in [0.15, 0.2) is 30.6 Å². The van der Waals surface area contributed by atoms with Crippen LogP contribution in [0.4, 0.5) is 5.82 Å². The van der Waals surface area contributed by atoms with E-state index >= 15 is 0 Å². The number of hydrogen-bond acceptors (Lipinski definition) is 7. The van der Waals surface area contributed by atoms with Crippen LogP contribution >= 0.6 is 0 Å². The highest BCUT2D eigenvalue weighted by atomic mass is 15.5. The summed E-state index contributed by atoms with van der Waals surface area (Å²) in [5, 5.41) is 14.3. The fourth-order valence-electron chi connectivity index (χ4n) is 3.23. The molecule has 4 rings (SSSR count). The van der Waals surface area contributed by atoms with Gasteiger partial charge >= 0.3 is 0 Å². The van der Waals surface area contributed by atoms with Crippen LogP contribution in [-0.2, 0) is 6.42 Å². The van der Waals surface area contributed by atoms with Crippen LogP contribution < -0.4 is 4.90 Å². The summed E-state index contributed by atoms with van der Waals surface area (Å²) in [6.45, 7) is 3.96. The van der Waals surface area contributed by atoms with E-state index in [0.717, 1.165) is 61.1 Å². The van der Waals surface area contributed by atoms with E-state index in [1.165, 1.54) is 0 Å². The predicted molar refractivity (Wildman–Crippen MR) is 92.8 cm³/mol. The lowest BCUT2D eigenvalue weighted by Crippen LogP contribution is -2.35. The molecule has 25 heavy (non-hydrogen) atoms. The van der Waals surface area contributed by atoms with Gasteiger partial charge in [-0.3, -0.25) is 4.98 Å². The molecule has 128 valence electrons. The molecule has 1 saturated heterocycles. The molecular weight excluding hydrogens is 316 g/mol. The fraction of sp³-hybridized carbons (Fsp3) is 0.412. The molecule has 0 aliphatic carbocycles. The Bertz CT molecular complexity index is 810. The van der Waals surface area contributed by atoms with Gasteiger partial charge in [0.2, 0.25) is 0 Å². The zero-order valence-electron chi connectivity index (χ0n) is 14.1. The molecule has 1 aliphatic rings. The van der Waals surface area contributed by atoms with Gasteiger partial charge in [0.15, 0.2) is 11.6 Å². The Morgan fingerprint density at radius 2 is 2.12 bits per heavy atom. The monoisotopic (exact) mass is 336 g/mol. The van der Waals surface area contributed by atoms with E-state index in [-0.39, 0.29) is 0 Å². The number of anilines is 1. The maximum Gasteiger partial charge on any atom is 0.174 e. The topological polar surface area (TPSA) is 96.4 Å². The first kappa shape index (κ1) is 15.6. The summed E-state index contributed by atoms with van der Waals surface area (Å²) in [6.07, 6.45) is 6.64. The molecule has 8 heteroatoms. The van der Waals surface area contributed by atoms with E-state index in [0.29, 0.717) is 5.92 Å². The standard InChI is InChI=1S/C17H20N8/c1-12-9-16(20-17(19-12)14-3-2-6-18-11-14)25-7-4-13(5-8-25)10-15-21-23-24-22-15/h2-3,6,9,11,13H,4-5,7-8,10H2,1H3,(H,21,22,23,24). The third kappa shape index (κ3) is 3.62. The molecular formula is C17H20N8. The van der Waals surface area contributed by atoms with Crippen LogP contribution in [0, 0.1) is 12.8 Å². The second-order valence-corrected chi connectivity index (χ2v) is 6.40. The number of pyridine rings is 1. The Morgan fingerprint density at radius 1 is 1.24 bits per heavy atom. The molecule has 0 unspecified atom stereocenters. The number of aromatic amines is 1. The van der Waals surface area contributed by atoms with Gasteiger partial charge in [0, 0.05) is 49.2 Å². The SMILES string of the molecule is Cc1cc(N2CCC(Cc3nn[nH]n3)CC2)nc(-c2cccnc2)n1. The number of tetrazole rings is 1. The average molecular weight is 336 g/mol. The van der Waals surface area contributed by atoms with Crippen molar-refractivity contribution < 1.29 is 0 Å². The number of piperidine rings is 1. The molecule has 0 aromatic carbocycles. The predicted octanol–water partition coefficient (Wildman–Crippen LogP) is 1.82. The molecule has 0 amide bonds. The summed E-state index contributed by atoms with van der Waals surface area (Å²) in [5.74, 6) is 3.12. The molecule has 0 bridgehead atoms. The largest absolute Gasteiger partial charge is 0.356 e. The van der Waals surface area contributed by atoms with E-state index in [9.17, 15) is 0 Å². The molecule has 0 spiro atoms. The molecule has 3 aromatic heterocycles. The number of aryl methyl sites for hydroxylation is 1. The van der Waals surface area contributed by atoms with E-state index in [1.54, 1.807) is 12.4 Å². The zero-order chi connectivity index (χ0) is 17.1. The van der Waals surface area contributed by atoms with Crippen LogP contribution in [-0.4, -0.2) is 48.7 Å². The summed E-state index contributed by atoms with van der Waals surface area (Å²) in [7, 11) is 0. The van der Waals surface area contributed by atoms with Gasteiger partial charge in [-0.15, -0.1) is 10.2 Å². The molecule has 3 aromatic rings. The van der Waals surface area contributed by atoms with Crippen LogP contribution in [0.5, 0.6) is 0 Å². The first-order chi connectivity index (χ1) is 12.3. The van der Waals surface area contributed by atoms with Crippen molar-refractivity contribution in [3.63, 3.8) is 0 Å². The minimum atomic E-state index is 0.592. The molecule has 1 N–H and O–H groups in total. The van der Waals surface area contributed by atoms with Crippen molar-refractivity contribution in [3.05, 3.63) is 42.1 Å². The second kappa shape index (κ2) is 6.92. The zero-order valence-corrected chi connectivity index (χ0v) is 14.1. The Labute approximate surface area is 145 Å². The van der Waals surface area contributed by atoms with Gasteiger partial charge in [-0.1, -0.05) is 5.21 Å². The van der Waals surface area contributed by atoms with Crippen molar-refractivity contribution in [2.45, 2.75) is 26.2 Å². The fourth-order valence-corrected chi connectivity index (χ4v) is 3.23. The first-order valence-corrected chi connectivity index (χ1v) is 8.51. The van der Waals surface area contributed by atoms with Gasteiger partial charge in [0.25, 0.3) is 0 Å². The highest BCUT2D eigenvalue weighted by molar-refractivity contribution is 5.56. The number of H-pyrrole nitrogens is 1. The highest BCUT2D eigenvalue weighted by Crippen LogP contribution is 2.25. The Balaban J connectivity index is 1.47. The number of nitrogens with zero attached hydrogens (tertiary/aromatic N) is 7. The van der Waals surface area contributed by atoms with Crippen molar-refractivity contribution in [1.82, 2.24) is 35.6 Å². The maximum absolute atomic E-state index is 4.76. The molecule has 4 heterocycles. The van der Waals surface area contributed by atoms with Gasteiger partial charge in [-0.25, -0.2) is 9.97 Å². The minimum absolute atomic E-state index is 0.592. The lowest BCUT2D eigenvalue weighted by molar-refractivity contribution is 0.395. The van der Waals surface area contributed by atoms with Gasteiger partial charge in [0.1, 0.15) is 5.82 Å². The normalized spacial score (nSPS) is 15.5. The third-order valence-electron chi connectivity index (χ3n) is 4.56. The third-order valence-corrected chi connectivity index (χ3v) is 4.56. The summed E-state index contributed by atoms with van der Waals surface area (Å²) < 4.78 is 0. The van der Waals surface area contributed by atoms with Crippen molar-refractivity contribution in [2.24, 2.45) is 5.92 Å². The second-order valence-electron chi connectivity index (χ2n) is 6.40. The molecule has 8 nitrogen and oxygen atoms in total. The highest BCUT2D eigenvalue weighted by Gasteiger charge is 2.22. The van der Waals surface area contributed by atoms with E-state index < -0.39 is 0 Å². The number of aromatic nitrogens is 7. The summed E-state index contributed by atoms with van der Waals surface area (Å²) in [6, 6.07) is 5.95. The van der Waals surface area contributed by atoms with E-state index in [4.69, 9.17) is 4.98 Å².